The lowest BCUT2D eigenvalue weighted by Gasteiger charge is -2.37. The summed E-state index contributed by atoms with van der Waals surface area (Å²) in [7, 11) is 0. The monoisotopic (exact) mass is 280 g/mol. The Balaban J connectivity index is 2.06. The van der Waals surface area contributed by atoms with Gasteiger partial charge in [0.05, 0.1) is 12.2 Å². The SMILES string of the molecule is CCCC1NC(CC(C)C)N(C2CCC(C)CC2)C1=O. The van der Waals surface area contributed by atoms with Crippen molar-refractivity contribution in [2.45, 2.75) is 90.9 Å². The predicted octanol–water partition coefficient (Wildman–Crippen LogP) is 3.54. The Morgan fingerprint density at radius 2 is 1.90 bits per heavy atom. The summed E-state index contributed by atoms with van der Waals surface area (Å²) in [5, 5.41) is 3.61. The molecule has 1 N–H and O–H groups in total. The van der Waals surface area contributed by atoms with E-state index in [0.717, 1.165) is 25.2 Å². The summed E-state index contributed by atoms with van der Waals surface area (Å²) >= 11 is 0. The summed E-state index contributed by atoms with van der Waals surface area (Å²) in [5.74, 6) is 1.84. The van der Waals surface area contributed by atoms with E-state index in [2.05, 4.69) is 37.9 Å². The number of nitrogens with one attached hydrogen (secondary N) is 1. The van der Waals surface area contributed by atoms with E-state index in [1.54, 1.807) is 0 Å². The first-order chi connectivity index (χ1) is 9.52. The average molecular weight is 280 g/mol. The van der Waals surface area contributed by atoms with E-state index in [-0.39, 0.29) is 12.2 Å². The molecule has 2 aliphatic rings. The minimum Gasteiger partial charge on any atom is -0.323 e. The maximum absolute atomic E-state index is 12.7. The van der Waals surface area contributed by atoms with Crippen LogP contribution in [0.1, 0.15) is 72.6 Å². The van der Waals surface area contributed by atoms with E-state index in [1.165, 1.54) is 25.7 Å². The fourth-order valence-corrected chi connectivity index (χ4v) is 3.80. The van der Waals surface area contributed by atoms with Crippen LogP contribution in [0.2, 0.25) is 0 Å². The molecule has 2 fully saturated rings. The van der Waals surface area contributed by atoms with Gasteiger partial charge >= 0.3 is 0 Å². The van der Waals surface area contributed by atoms with E-state index in [1.807, 2.05) is 0 Å². The van der Waals surface area contributed by atoms with Crippen LogP contribution in [-0.2, 0) is 4.79 Å². The number of hydrogen-bond acceptors (Lipinski definition) is 2. The highest BCUT2D eigenvalue weighted by atomic mass is 16.2. The van der Waals surface area contributed by atoms with Gasteiger partial charge in [-0.1, -0.05) is 34.1 Å². The minimum absolute atomic E-state index is 0.0723. The van der Waals surface area contributed by atoms with E-state index in [4.69, 9.17) is 0 Å². The summed E-state index contributed by atoms with van der Waals surface area (Å²) < 4.78 is 0. The minimum atomic E-state index is 0.0723. The molecule has 0 aromatic heterocycles. The van der Waals surface area contributed by atoms with Crippen LogP contribution in [0.25, 0.3) is 0 Å². The van der Waals surface area contributed by atoms with Gasteiger partial charge in [-0.2, -0.15) is 0 Å². The molecule has 1 aliphatic carbocycles. The van der Waals surface area contributed by atoms with Crippen LogP contribution in [0.5, 0.6) is 0 Å². The Bertz CT molecular complexity index is 321. The molecule has 0 aromatic carbocycles. The van der Waals surface area contributed by atoms with Crippen molar-refractivity contribution in [3.63, 3.8) is 0 Å². The second-order valence-electron chi connectivity index (χ2n) is 7.31. The van der Waals surface area contributed by atoms with Crippen molar-refractivity contribution in [2.75, 3.05) is 0 Å². The molecular formula is C17H32N2O. The van der Waals surface area contributed by atoms with Gasteiger partial charge in [0, 0.05) is 6.04 Å². The first kappa shape index (κ1) is 15.8. The van der Waals surface area contributed by atoms with Crippen LogP contribution in [0, 0.1) is 11.8 Å². The highest BCUT2D eigenvalue weighted by molar-refractivity contribution is 5.84. The first-order valence-corrected chi connectivity index (χ1v) is 8.61. The molecule has 1 saturated heterocycles. The number of carbonyl (C=O) groups is 1. The molecule has 3 heteroatoms. The highest BCUT2D eigenvalue weighted by Crippen LogP contribution is 2.32. The summed E-state index contributed by atoms with van der Waals surface area (Å²) in [4.78, 5) is 15.0. The van der Waals surface area contributed by atoms with Gasteiger partial charge in [-0.25, -0.2) is 0 Å². The van der Waals surface area contributed by atoms with Gasteiger partial charge in [-0.15, -0.1) is 0 Å². The third-order valence-electron chi connectivity index (χ3n) is 4.93. The molecule has 0 bridgehead atoms. The number of rotatable bonds is 5. The molecule has 1 heterocycles. The van der Waals surface area contributed by atoms with Gasteiger partial charge in [-0.3, -0.25) is 10.1 Å². The highest BCUT2D eigenvalue weighted by Gasteiger charge is 2.42. The van der Waals surface area contributed by atoms with Crippen LogP contribution in [0.3, 0.4) is 0 Å². The largest absolute Gasteiger partial charge is 0.323 e. The lowest BCUT2D eigenvalue weighted by molar-refractivity contribution is -0.133. The summed E-state index contributed by atoms with van der Waals surface area (Å²) in [5.41, 5.74) is 0. The van der Waals surface area contributed by atoms with E-state index < -0.39 is 0 Å². The van der Waals surface area contributed by atoms with Gasteiger partial charge in [-0.05, 0) is 50.4 Å². The van der Waals surface area contributed by atoms with Crippen molar-refractivity contribution >= 4 is 5.91 Å². The molecule has 1 saturated carbocycles. The number of amides is 1. The second kappa shape index (κ2) is 6.93. The Morgan fingerprint density at radius 3 is 2.45 bits per heavy atom. The van der Waals surface area contributed by atoms with Gasteiger partial charge < -0.3 is 4.90 Å². The molecule has 1 amide bonds. The molecular weight excluding hydrogens is 248 g/mol. The number of hydrogen-bond donors (Lipinski definition) is 1. The fourth-order valence-electron chi connectivity index (χ4n) is 3.80. The van der Waals surface area contributed by atoms with Crippen molar-refractivity contribution in [3.8, 4) is 0 Å². The molecule has 116 valence electrons. The maximum Gasteiger partial charge on any atom is 0.241 e. The zero-order valence-corrected chi connectivity index (χ0v) is 13.7. The van der Waals surface area contributed by atoms with Gasteiger partial charge in [0.15, 0.2) is 0 Å². The quantitative estimate of drug-likeness (QED) is 0.835. The van der Waals surface area contributed by atoms with Crippen molar-refractivity contribution in [1.82, 2.24) is 10.2 Å². The molecule has 3 nitrogen and oxygen atoms in total. The molecule has 0 radical (unpaired) electrons. The summed E-state index contributed by atoms with van der Waals surface area (Å²) in [6.07, 6.45) is 8.36. The van der Waals surface area contributed by atoms with Crippen molar-refractivity contribution < 1.29 is 4.79 Å². The summed E-state index contributed by atoms with van der Waals surface area (Å²) in [6.45, 7) is 9.00. The van der Waals surface area contributed by atoms with Crippen LogP contribution >= 0.6 is 0 Å². The molecule has 2 unspecified atom stereocenters. The Morgan fingerprint density at radius 1 is 1.25 bits per heavy atom. The van der Waals surface area contributed by atoms with E-state index >= 15 is 0 Å². The van der Waals surface area contributed by atoms with E-state index in [0.29, 0.717) is 17.9 Å². The molecule has 0 spiro atoms. The van der Waals surface area contributed by atoms with Gasteiger partial charge in [0.2, 0.25) is 5.91 Å². The average Bonchev–Trinajstić information content (AvgIpc) is 2.67. The van der Waals surface area contributed by atoms with Crippen LogP contribution in [-0.4, -0.2) is 29.1 Å². The Labute approximate surface area is 124 Å². The lowest BCUT2D eigenvalue weighted by atomic mass is 9.86. The standard InChI is InChI=1S/C17H32N2O/c1-5-6-15-17(20)19(16(18-15)11-12(2)3)14-9-7-13(4)8-10-14/h12-16,18H,5-11H2,1-4H3. The fraction of sp³-hybridized carbons (Fsp3) is 0.941. The lowest BCUT2D eigenvalue weighted by Crippen LogP contribution is -2.46. The number of nitrogens with zero attached hydrogens (tertiary/aromatic N) is 1. The van der Waals surface area contributed by atoms with Crippen LogP contribution < -0.4 is 5.32 Å². The van der Waals surface area contributed by atoms with Crippen molar-refractivity contribution in [1.29, 1.82) is 0 Å². The van der Waals surface area contributed by atoms with Gasteiger partial charge in [0.1, 0.15) is 0 Å². The molecule has 2 atom stereocenters. The maximum atomic E-state index is 12.7. The van der Waals surface area contributed by atoms with Crippen molar-refractivity contribution in [2.24, 2.45) is 11.8 Å². The zero-order chi connectivity index (χ0) is 14.7. The normalized spacial score (nSPS) is 35.0. The smallest absolute Gasteiger partial charge is 0.241 e. The Hall–Kier alpha value is -0.570. The molecule has 0 aromatic rings. The first-order valence-electron chi connectivity index (χ1n) is 8.61. The topological polar surface area (TPSA) is 32.3 Å². The molecule has 2 rings (SSSR count). The summed E-state index contributed by atoms with van der Waals surface area (Å²) in [6, 6.07) is 0.555. The third-order valence-corrected chi connectivity index (χ3v) is 4.93. The van der Waals surface area contributed by atoms with Crippen molar-refractivity contribution in [3.05, 3.63) is 0 Å². The third kappa shape index (κ3) is 3.55. The second-order valence-corrected chi connectivity index (χ2v) is 7.31. The van der Waals surface area contributed by atoms with Crippen LogP contribution in [0.15, 0.2) is 0 Å². The molecule has 1 aliphatic heterocycles. The molecule has 20 heavy (non-hydrogen) atoms. The zero-order valence-electron chi connectivity index (χ0n) is 13.7. The predicted molar refractivity (Wildman–Crippen MR) is 83.3 cm³/mol. The Kier molecular flexibility index (Phi) is 5.48. The van der Waals surface area contributed by atoms with E-state index in [9.17, 15) is 4.79 Å². The van der Waals surface area contributed by atoms with Gasteiger partial charge in [0.25, 0.3) is 0 Å². The number of carbonyl (C=O) groups excluding carboxylic acids is 1. The van der Waals surface area contributed by atoms with Crippen LogP contribution in [0.4, 0.5) is 0 Å².